The van der Waals surface area contributed by atoms with Gasteiger partial charge in [-0.3, -0.25) is 4.79 Å². The lowest BCUT2D eigenvalue weighted by atomic mass is 10.2. The van der Waals surface area contributed by atoms with Crippen LogP contribution in [0.3, 0.4) is 0 Å². The van der Waals surface area contributed by atoms with E-state index in [4.69, 9.17) is 0 Å². The van der Waals surface area contributed by atoms with Gasteiger partial charge in [-0.2, -0.15) is 0 Å². The number of aromatic nitrogens is 6. The highest BCUT2D eigenvalue weighted by Crippen LogP contribution is 2.39. The summed E-state index contributed by atoms with van der Waals surface area (Å²) in [6.45, 7) is 0. The quantitative estimate of drug-likeness (QED) is 0.592. The third kappa shape index (κ3) is 2.71. The van der Waals surface area contributed by atoms with Gasteiger partial charge in [-0.05, 0) is 59.7 Å². The molecule has 0 radical (unpaired) electrons. The molecule has 1 saturated carbocycles. The first-order valence-electron chi connectivity index (χ1n) is 8.41. The topological polar surface area (TPSA) is 101 Å². The maximum absolute atomic E-state index is 12.6. The van der Waals surface area contributed by atoms with Gasteiger partial charge in [-0.1, -0.05) is 6.07 Å². The van der Waals surface area contributed by atoms with Crippen LogP contribution in [0.2, 0.25) is 0 Å². The van der Waals surface area contributed by atoms with Crippen LogP contribution in [0.25, 0.3) is 16.7 Å². The number of aromatic amines is 1. The molecule has 0 bridgehead atoms. The van der Waals surface area contributed by atoms with E-state index in [1.54, 1.807) is 6.07 Å². The SMILES string of the molecule is O=C(Nc1cccc(-n2cnnn2)c1)c1ccc2nc(C3CC3)[nH]c2c1. The molecule has 0 atom stereocenters. The zero-order valence-corrected chi connectivity index (χ0v) is 13.8. The standard InChI is InChI=1S/C18H15N7O/c26-18(20-13-2-1-3-14(9-13)25-10-19-23-24-25)12-6-7-15-16(8-12)22-17(21-15)11-4-5-11/h1-3,6-11H,4-5H2,(H,20,26)(H,21,22). The van der Waals surface area contributed by atoms with Crippen LogP contribution >= 0.6 is 0 Å². The molecular weight excluding hydrogens is 330 g/mol. The van der Waals surface area contributed by atoms with Crippen molar-refractivity contribution >= 4 is 22.6 Å². The molecule has 8 heteroatoms. The van der Waals surface area contributed by atoms with Crippen LogP contribution in [0.1, 0.15) is 34.9 Å². The maximum Gasteiger partial charge on any atom is 0.255 e. The fraction of sp³-hybridized carbons (Fsp3) is 0.167. The number of hydrogen-bond acceptors (Lipinski definition) is 5. The molecule has 5 rings (SSSR count). The molecule has 128 valence electrons. The summed E-state index contributed by atoms with van der Waals surface area (Å²) >= 11 is 0. The molecule has 1 amide bonds. The fourth-order valence-electron chi connectivity index (χ4n) is 2.93. The van der Waals surface area contributed by atoms with E-state index >= 15 is 0 Å². The first-order valence-corrected chi connectivity index (χ1v) is 8.41. The molecule has 2 aromatic heterocycles. The van der Waals surface area contributed by atoms with Gasteiger partial charge in [0, 0.05) is 17.2 Å². The summed E-state index contributed by atoms with van der Waals surface area (Å²) in [6, 6.07) is 12.9. The fourth-order valence-corrected chi connectivity index (χ4v) is 2.93. The van der Waals surface area contributed by atoms with Crippen molar-refractivity contribution in [2.45, 2.75) is 18.8 Å². The molecule has 26 heavy (non-hydrogen) atoms. The van der Waals surface area contributed by atoms with Crippen molar-refractivity contribution in [3.05, 3.63) is 60.2 Å². The lowest BCUT2D eigenvalue weighted by Crippen LogP contribution is -2.12. The summed E-state index contributed by atoms with van der Waals surface area (Å²) < 4.78 is 1.53. The largest absolute Gasteiger partial charge is 0.342 e. The van der Waals surface area contributed by atoms with Crippen LogP contribution in [0, 0.1) is 0 Å². The summed E-state index contributed by atoms with van der Waals surface area (Å²) in [5.74, 6) is 1.39. The predicted octanol–water partition coefficient (Wildman–Crippen LogP) is 2.67. The van der Waals surface area contributed by atoms with Crippen molar-refractivity contribution in [3.63, 3.8) is 0 Å². The Bertz CT molecular complexity index is 1100. The van der Waals surface area contributed by atoms with Crippen molar-refractivity contribution in [1.29, 1.82) is 0 Å². The highest BCUT2D eigenvalue weighted by Gasteiger charge is 2.26. The van der Waals surface area contributed by atoms with Crippen LogP contribution in [0.15, 0.2) is 48.8 Å². The van der Waals surface area contributed by atoms with E-state index in [-0.39, 0.29) is 5.91 Å². The summed E-state index contributed by atoms with van der Waals surface area (Å²) in [5.41, 5.74) is 3.81. The van der Waals surface area contributed by atoms with E-state index in [0.29, 0.717) is 17.2 Å². The number of hydrogen-bond donors (Lipinski definition) is 2. The van der Waals surface area contributed by atoms with E-state index < -0.39 is 0 Å². The van der Waals surface area contributed by atoms with E-state index in [1.165, 1.54) is 23.9 Å². The molecule has 2 N–H and O–H groups in total. The average molecular weight is 345 g/mol. The Hall–Kier alpha value is -3.55. The number of nitrogens with one attached hydrogen (secondary N) is 2. The van der Waals surface area contributed by atoms with Crippen molar-refractivity contribution < 1.29 is 4.79 Å². The lowest BCUT2D eigenvalue weighted by Gasteiger charge is -2.07. The van der Waals surface area contributed by atoms with Gasteiger partial charge < -0.3 is 10.3 Å². The van der Waals surface area contributed by atoms with E-state index in [0.717, 1.165) is 22.5 Å². The van der Waals surface area contributed by atoms with Gasteiger partial charge in [0.05, 0.1) is 16.7 Å². The smallest absolute Gasteiger partial charge is 0.255 e. The summed E-state index contributed by atoms with van der Waals surface area (Å²) in [5, 5.41) is 14.0. The molecule has 0 spiro atoms. The number of nitrogens with zero attached hydrogens (tertiary/aromatic N) is 5. The number of tetrazole rings is 1. The molecule has 0 unspecified atom stereocenters. The van der Waals surface area contributed by atoms with Gasteiger partial charge in [0.25, 0.3) is 5.91 Å². The van der Waals surface area contributed by atoms with Gasteiger partial charge in [0.15, 0.2) is 0 Å². The normalized spacial score (nSPS) is 13.8. The number of carbonyl (C=O) groups is 1. The Morgan fingerprint density at radius 3 is 2.92 bits per heavy atom. The van der Waals surface area contributed by atoms with E-state index in [2.05, 4.69) is 30.8 Å². The van der Waals surface area contributed by atoms with E-state index in [1.807, 2.05) is 36.4 Å². The van der Waals surface area contributed by atoms with Crippen LogP contribution in [0.4, 0.5) is 5.69 Å². The van der Waals surface area contributed by atoms with Gasteiger partial charge in [0.1, 0.15) is 12.2 Å². The molecule has 0 saturated heterocycles. The molecular formula is C18H15N7O. The van der Waals surface area contributed by atoms with Crippen LogP contribution in [-0.2, 0) is 0 Å². The Morgan fingerprint density at radius 1 is 1.19 bits per heavy atom. The first-order chi connectivity index (χ1) is 12.8. The monoisotopic (exact) mass is 345 g/mol. The molecule has 4 aromatic rings. The Balaban J connectivity index is 1.39. The molecule has 1 aliphatic carbocycles. The van der Waals surface area contributed by atoms with Crippen LogP contribution < -0.4 is 5.32 Å². The zero-order chi connectivity index (χ0) is 17.5. The second-order valence-corrected chi connectivity index (χ2v) is 6.39. The Labute approximate surface area is 148 Å². The third-order valence-electron chi connectivity index (χ3n) is 4.44. The second kappa shape index (κ2) is 5.76. The Kier molecular flexibility index (Phi) is 3.27. The number of carbonyl (C=O) groups excluding carboxylic acids is 1. The molecule has 1 fully saturated rings. The highest BCUT2D eigenvalue weighted by atomic mass is 16.1. The molecule has 2 aromatic carbocycles. The number of anilines is 1. The highest BCUT2D eigenvalue weighted by molar-refractivity contribution is 6.06. The van der Waals surface area contributed by atoms with Crippen molar-refractivity contribution in [2.75, 3.05) is 5.32 Å². The molecule has 0 aliphatic heterocycles. The Morgan fingerprint density at radius 2 is 2.12 bits per heavy atom. The molecule has 8 nitrogen and oxygen atoms in total. The maximum atomic E-state index is 12.6. The van der Waals surface area contributed by atoms with Gasteiger partial charge in [0.2, 0.25) is 0 Å². The summed E-state index contributed by atoms with van der Waals surface area (Å²) in [7, 11) is 0. The number of fused-ring (bicyclic) bond motifs is 1. The van der Waals surface area contributed by atoms with Gasteiger partial charge >= 0.3 is 0 Å². The van der Waals surface area contributed by atoms with Crippen LogP contribution in [0.5, 0.6) is 0 Å². The lowest BCUT2D eigenvalue weighted by molar-refractivity contribution is 0.102. The first kappa shape index (κ1) is 14.8. The average Bonchev–Trinajstić information content (AvgIpc) is 3.19. The minimum absolute atomic E-state index is 0.177. The zero-order valence-electron chi connectivity index (χ0n) is 13.8. The summed E-state index contributed by atoms with van der Waals surface area (Å²) in [4.78, 5) is 20.5. The number of amides is 1. The number of benzene rings is 2. The minimum atomic E-state index is -0.177. The van der Waals surface area contributed by atoms with Gasteiger partial charge in [-0.15, -0.1) is 5.10 Å². The minimum Gasteiger partial charge on any atom is -0.342 e. The number of rotatable bonds is 4. The second-order valence-electron chi connectivity index (χ2n) is 6.39. The van der Waals surface area contributed by atoms with Crippen molar-refractivity contribution in [2.24, 2.45) is 0 Å². The van der Waals surface area contributed by atoms with Crippen molar-refractivity contribution in [1.82, 2.24) is 30.2 Å². The summed E-state index contributed by atoms with van der Waals surface area (Å²) in [6.07, 6.45) is 3.88. The van der Waals surface area contributed by atoms with Crippen molar-refractivity contribution in [3.8, 4) is 5.69 Å². The third-order valence-corrected chi connectivity index (χ3v) is 4.44. The van der Waals surface area contributed by atoms with Gasteiger partial charge in [-0.25, -0.2) is 9.67 Å². The number of H-pyrrole nitrogens is 1. The number of imidazole rings is 1. The molecule has 1 aliphatic rings. The molecule has 2 heterocycles. The predicted molar refractivity (Wildman–Crippen MR) is 95.2 cm³/mol. The van der Waals surface area contributed by atoms with Crippen LogP contribution in [-0.4, -0.2) is 36.1 Å². The van der Waals surface area contributed by atoms with E-state index in [9.17, 15) is 4.79 Å².